The Morgan fingerprint density at radius 3 is 2.89 bits per heavy atom. The Bertz CT molecular complexity index is 765. The Hall–Kier alpha value is -2.01. The van der Waals surface area contributed by atoms with E-state index < -0.39 is 0 Å². The van der Waals surface area contributed by atoms with Crippen LogP contribution in [0.4, 0.5) is 0 Å². The molecule has 0 aliphatic heterocycles. The van der Waals surface area contributed by atoms with E-state index in [1.54, 1.807) is 28.9 Å². The fraction of sp³-hybridized carbons (Fsp3) is 0.0714. The van der Waals surface area contributed by atoms with E-state index >= 15 is 0 Å². The number of carbonyl (C=O) groups is 1. The molecule has 3 rings (SSSR count). The van der Waals surface area contributed by atoms with Crippen molar-refractivity contribution in [2.45, 2.75) is 6.92 Å². The molecule has 0 aliphatic rings. The maximum absolute atomic E-state index is 12.5. The summed E-state index contributed by atoms with van der Waals surface area (Å²) in [5.74, 6) is -0.0730. The van der Waals surface area contributed by atoms with Crippen LogP contribution < -0.4 is 0 Å². The third kappa shape index (κ3) is 2.06. The highest BCUT2D eigenvalue weighted by Crippen LogP contribution is 2.19. The van der Waals surface area contributed by atoms with Crippen molar-refractivity contribution in [3.05, 3.63) is 64.3 Å². The molecule has 0 amide bonds. The van der Waals surface area contributed by atoms with Gasteiger partial charge < -0.3 is 0 Å². The Morgan fingerprint density at radius 1 is 1.32 bits per heavy atom. The number of nitrogens with zero attached hydrogens (tertiary/aromatic N) is 3. The number of pyridine rings is 2. The van der Waals surface area contributed by atoms with Gasteiger partial charge in [-0.15, -0.1) is 0 Å². The van der Waals surface area contributed by atoms with E-state index in [9.17, 15) is 4.79 Å². The average molecular weight is 316 g/mol. The quantitative estimate of drug-likeness (QED) is 0.683. The number of hydrogen-bond acceptors (Lipinski definition) is 3. The molecule has 5 heteroatoms. The molecule has 0 bridgehead atoms. The highest BCUT2D eigenvalue weighted by Gasteiger charge is 2.18. The molecule has 3 aromatic rings. The van der Waals surface area contributed by atoms with E-state index in [0.29, 0.717) is 17.0 Å². The third-order valence-corrected chi connectivity index (χ3v) is 3.36. The van der Waals surface area contributed by atoms with Crippen LogP contribution in [0.15, 0.2) is 47.3 Å². The molecular formula is C14H10BrN3O. The molecule has 3 aromatic heterocycles. The summed E-state index contributed by atoms with van der Waals surface area (Å²) in [6.07, 6.45) is 5.06. The summed E-state index contributed by atoms with van der Waals surface area (Å²) in [7, 11) is 0. The molecule has 0 spiro atoms. The average Bonchev–Trinajstić information content (AvgIpc) is 2.74. The summed E-state index contributed by atoms with van der Waals surface area (Å²) in [5.41, 5.74) is 2.61. The van der Waals surface area contributed by atoms with Gasteiger partial charge in [0.25, 0.3) is 0 Å². The molecule has 0 fully saturated rings. The number of halogens is 1. The van der Waals surface area contributed by atoms with E-state index in [1.807, 2.05) is 25.3 Å². The largest absolute Gasteiger partial charge is 0.295 e. The number of imidazole rings is 1. The zero-order valence-corrected chi connectivity index (χ0v) is 11.8. The van der Waals surface area contributed by atoms with Gasteiger partial charge in [0, 0.05) is 28.6 Å². The van der Waals surface area contributed by atoms with Crippen LogP contribution in [-0.4, -0.2) is 20.2 Å². The van der Waals surface area contributed by atoms with Crippen LogP contribution in [0, 0.1) is 6.92 Å². The Kier molecular flexibility index (Phi) is 2.91. The van der Waals surface area contributed by atoms with E-state index in [1.165, 1.54) is 0 Å². The standard InChI is InChI=1S/C14H10BrN3O/c1-9-13(14(19)10-3-2-6-16-7-10)18-8-11(15)4-5-12(18)17-9/h2-8H,1H3. The van der Waals surface area contributed by atoms with E-state index in [4.69, 9.17) is 0 Å². The van der Waals surface area contributed by atoms with Crippen LogP contribution >= 0.6 is 15.9 Å². The minimum atomic E-state index is -0.0730. The first-order valence-electron chi connectivity index (χ1n) is 5.76. The van der Waals surface area contributed by atoms with Gasteiger partial charge in [-0.25, -0.2) is 4.98 Å². The SMILES string of the molecule is Cc1nc2ccc(Br)cn2c1C(=O)c1cccnc1. The lowest BCUT2D eigenvalue weighted by Gasteiger charge is -2.02. The molecule has 0 unspecified atom stereocenters. The fourth-order valence-electron chi connectivity index (χ4n) is 2.04. The number of fused-ring (bicyclic) bond motifs is 1. The van der Waals surface area contributed by atoms with Crippen LogP contribution in [0.1, 0.15) is 21.7 Å². The first kappa shape index (κ1) is 12.0. The van der Waals surface area contributed by atoms with E-state index in [-0.39, 0.29) is 5.78 Å². The second-order valence-corrected chi connectivity index (χ2v) is 5.11. The first-order chi connectivity index (χ1) is 9.16. The molecule has 0 saturated heterocycles. The van der Waals surface area contributed by atoms with Crippen molar-refractivity contribution in [1.29, 1.82) is 0 Å². The van der Waals surface area contributed by atoms with E-state index in [2.05, 4.69) is 25.9 Å². The maximum Gasteiger partial charge on any atom is 0.213 e. The molecule has 0 aromatic carbocycles. The van der Waals surface area contributed by atoms with Gasteiger partial charge in [0.15, 0.2) is 0 Å². The second kappa shape index (κ2) is 4.59. The lowest BCUT2D eigenvalue weighted by Crippen LogP contribution is -2.07. The number of aryl methyl sites for hydroxylation is 1. The number of rotatable bonds is 2. The van der Waals surface area contributed by atoms with Gasteiger partial charge in [-0.2, -0.15) is 0 Å². The lowest BCUT2D eigenvalue weighted by molar-refractivity contribution is 0.103. The van der Waals surface area contributed by atoms with Crippen LogP contribution in [0.25, 0.3) is 5.65 Å². The van der Waals surface area contributed by atoms with Crippen LogP contribution in [-0.2, 0) is 0 Å². The topological polar surface area (TPSA) is 47.3 Å². The Balaban J connectivity index is 2.22. The summed E-state index contributed by atoms with van der Waals surface area (Å²) in [6.45, 7) is 1.84. The maximum atomic E-state index is 12.5. The predicted molar refractivity (Wildman–Crippen MR) is 75.3 cm³/mol. The van der Waals surface area contributed by atoms with Gasteiger partial charge in [0.05, 0.1) is 5.69 Å². The van der Waals surface area contributed by atoms with Gasteiger partial charge in [0.2, 0.25) is 5.78 Å². The minimum absolute atomic E-state index is 0.0730. The zero-order valence-electron chi connectivity index (χ0n) is 10.2. The van der Waals surface area contributed by atoms with Gasteiger partial charge in [-0.3, -0.25) is 14.2 Å². The molecule has 0 saturated carbocycles. The van der Waals surface area contributed by atoms with Crippen LogP contribution in [0.5, 0.6) is 0 Å². The highest BCUT2D eigenvalue weighted by molar-refractivity contribution is 9.10. The van der Waals surface area contributed by atoms with Crippen molar-refractivity contribution < 1.29 is 4.79 Å². The summed E-state index contributed by atoms with van der Waals surface area (Å²) < 4.78 is 2.70. The van der Waals surface area contributed by atoms with Crippen molar-refractivity contribution in [1.82, 2.24) is 14.4 Å². The van der Waals surface area contributed by atoms with Gasteiger partial charge in [0.1, 0.15) is 11.3 Å². The first-order valence-corrected chi connectivity index (χ1v) is 6.55. The van der Waals surface area contributed by atoms with E-state index in [0.717, 1.165) is 10.1 Å². The third-order valence-electron chi connectivity index (χ3n) is 2.90. The second-order valence-electron chi connectivity index (χ2n) is 4.19. The number of aromatic nitrogens is 3. The number of hydrogen-bond donors (Lipinski definition) is 0. The predicted octanol–water partition coefficient (Wildman–Crippen LogP) is 3.03. The zero-order chi connectivity index (χ0) is 13.4. The summed E-state index contributed by atoms with van der Waals surface area (Å²) in [4.78, 5) is 20.9. The summed E-state index contributed by atoms with van der Waals surface area (Å²) in [6, 6.07) is 7.28. The Morgan fingerprint density at radius 2 is 2.16 bits per heavy atom. The molecule has 0 aliphatic carbocycles. The summed E-state index contributed by atoms with van der Waals surface area (Å²) >= 11 is 3.41. The molecule has 19 heavy (non-hydrogen) atoms. The monoisotopic (exact) mass is 315 g/mol. The van der Waals surface area contributed by atoms with Crippen LogP contribution in [0.3, 0.4) is 0 Å². The van der Waals surface area contributed by atoms with Gasteiger partial charge in [-0.05, 0) is 47.1 Å². The van der Waals surface area contributed by atoms with Gasteiger partial charge >= 0.3 is 0 Å². The minimum Gasteiger partial charge on any atom is -0.295 e. The van der Waals surface area contributed by atoms with Crippen molar-refractivity contribution >= 4 is 27.4 Å². The smallest absolute Gasteiger partial charge is 0.213 e. The highest BCUT2D eigenvalue weighted by atomic mass is 79.9. The normalized spacial score (nSPS) is 10.8. The van der Waals surface area contributed by atoms with Crippen LogP contribution in [0.2, 0.25) is 0 Å². The number of carbonyl (C=O) groups excluding carboxylic acids is 1. The number of ketones is 1. The van der Waals surface area contributed by atoms with Crippen molar-refractivity contribution in [2.24, 2.45) is 0 Å². The molecule has 4 nitrogen and oxygen atoms in total. The molecule has 94 valence electrons. The molecular weight excluding hydrogens is 306 g/mol. The molecule has 0 atom stereocenters. The summed E-state index contributed by atoms with van der Waals surface area (Å²) in [5, 5.41) is 0. The van der Waals surface area contributed by atoms with Crippen molar-refractivity contribution in [3.8, 4) is 0 Å². The van der Waals surface area contributed by atoms with Crippen molar-refractivity contribution in [3.63, 3.8) is 0 Å². The van der Waals surface area contributed by atoms with Gasteiger partial charge in [-0.1, -0.05) is 0 Å². The molecule has 0 N–H and O–H groups in total. The van der Waals surface area contributed by atoms with Crippen molar-refractivity contribution in [2.75, 3.05) is 0 Å². The molecule has 3 heterocycles. The Labute approximate surface area is 118 Å². The lowest BCUT2D eigenvalue weighted by atomic mass is 10.1. The fourth-order valence-corrected chi connectivity index (χ4v) is 2.38. The molecule has 0 radical (unpaired) electrons.